The van der Waals surface area contributed by atoms with Crippen molar-refractivity contribution in [2.24, 2.45) is 5.73 Å². The van der Waals surface area contributed by atoms with Gasteiger partial charge in [-0.1, -0.05) is 11.6 Å². The highest BCUT2D eigenvalue weighted by Crippen LogP contribution is 2.50. The van der Waals surface area contributed by atoms with Crippen molar-refractivity contribution in [2.45, 2.75) is 6.92 Å². The molecule has 0 bridgehead atoms. The van der Waals surface area contributed by atoms with E-state index >= 15 is 0 Å². The molecule has 1 amide bonds. The van der Waals surface area contributed by atoms with Crippen LogP contribution in [-0.4, -0.2) is 20.1 Å². The highest BCUT2D eigenvalue weighted by Gasteiger charge is 2.26. The molecular weight excluding hydrogens is 232 g/mol. The normalized spacial score (nSPS) is 13.4. The first-order chi connectivity index (χ1) is 6.36. The van der Waals surface area contributed by atoms with Gasteiger partial charge in [-0.15, -0.1) is 0 Å². The topological polar surface area (TPSA) is 87.8 Å². The van der Waals surface area contributed by atoms with Crippen LogP contribution in [0.15, 0.2) is 10.8 Å². The maximum Gasteiger partial charge on any atom is 0.529 e. The Hall–Kier alpha value is -0.550. The van der Waals surface area contributed by atoms with Gasteiger partial charge in [0.1, 0.15) is 10.8 Å². The number of phosphoric acid groups is 1. The Morgan fingerprint density at radius 2 is 1.79 bits per heavy atom. The molecule has 0 heterocycles. The molecule has 0 unspecified atom stereocenters. The molecule has 0 saturated carbocycles. The van der Waals surface area contributed by atoms with E-state index in [4.69, 9.17) is 21.9 Å². The SMILES string of the molecule is COP(=O)(OC)OC(C)=C(Cl)C(N)=O. The number of amides is 1. The van der Waals surface area contributed by atoms with E-state index in [9.17, 15) is 9.36 Å². The summed E-state index contributed by atoms with van der Waals surface area (Å²) in [5.41, 5.74) is 4.86. The minimum absolute atomic E-state index is 0.119. The van der Waals surface area contributed by atoms with Gasteiger partial charge in [0.15, 0.2) is 0 Å². The van der Waals surface area contributed by atoms with Crippen LogP contribution in [0.1, 0.15) is 6.92 Å². The summed E-state index contributed by atoms with van der Waals surface area (Å²) in [7, 11) is -1.41. The number of hydrogen-bond acceptors (Lipinski definition) is 5. The second-order valence-electron chi connectivity index (χ2n) is 2.14. The van der Waals surface area contributed by atoms with Crippen molar-refractivity contribution in [2.75, 3.05) is 14.2 Å². The van der Waals surface area contributed by atoms with E-state index < -0.39 is 13.7 Å². The van der Waals surface area contributed by atoms with Gasteiger partial charge in [0.05, 0.1) is 0 Å². The zero-order valence-corrected chi connectivity index (χ0v) is 9.59. The lowest BCUT2D eigenvalue weighted by Crippen LogP contribution is -2.12. The lowest BCUT2D eigenvalue weighted by atomic mass is 10.5. The second-order valence-corrected chi connectivity index (χ2v) is 4.32. The van der Waals surface area contributed by atoms with Gasteiger partial charge in [-0.25, -0.2) is 4.57 Å². The number of halogens is 1. The minimum Gasteiger partial charge on any atom is -0.407 e. The number of carbonyl (C=O) groups is 1. The molecule has 0 rings (SSSR count). The number of allylic oxidation sites excluding steroid dienone is 1. The van der Waals surface area contributed by atoms with Crippen LogP contribution in [0.4, 0.5) is 0 Å². The molecule has 0 fully saturated rings. The van der Waals surface area contributed by atoms with Crippen LogP contribution in [-0.2, 0) is 22.9 Å². The number of rotatable bonds is 5. The smallest absolute Gasteiger partial charge is 0.407 e. The summed E-state index contributed by atoms with van der Waals surface area (Å²) in [6, 6.07) is 0. The van der Waals surface area contributed by atoms with E-state index in [1.807, 2.05) is 0 Å². The van der Waals surface area contributed by atoms with Gasteiger partial charge >= 0.3 is 7.82 Å². The third-order valence-electron chi connectivity index (χ3n) is 1.22. The van der Waals surface area contributed by atoms with Gasteiger partial charge < -0.3 is 10.3 Å². The summed E-state index contributed by atoms with van der Waals surface area (Å²) in [6.07, 6.45) is 0. The highest BCUT2D eigenvalue weighted by molar-refractivity contribution is 7.48. The molecule has 8 heteroatoms. The Balaban J connectivity index is 4.76. The van der Waals surface area contributed by atoms with Gasteiger partial charge in [0.25, 0.3) is 5.91 Å². The average Bonchev–Trinajstić information content (AvgIpc) is 2.16. The number of nitrogens with two attached hydrogens (primary N) is 1. The maximum absolute atomic E-state index is 11.4. The molecule has 0 aliphatic rings. The van der Waals surface area contributed by atoms with E-state index in [0.717, 1.165) is 14.2 Å². The van der Waals surface area contributed by atoms with Crippen molar-refractivity contribution >= 4 is 25.3 Å². The van der Waals surface area contributed by atoms with Gasteiger partial charge in [-0.3, -0.25) is 13.8 Å². The molecule has 0 aromatic heterocycles. The number of primary amides is 1. The van der Waals surface area contributed by atoms with Gasteiger partial charge in [0, 0.05) is 14.2 Å². The molecule has 0 aromatic rings. The van der Waals surface area contributed by atoms with E-state index in [0.29, 0.717) is 0 Å². The molecule has 0 aliphatic heterocycles. The van der Waals surface area contributed by atoms with Crippen LogP contribution in [0, 0.1) is 0 Å². The first-order valence-corrected chi connectivity index (χ1v) is 5.27. The Morgan fingerprint density at radius 3 is 2.07 bits per heavy atom. The van der Waals surface area contributed by atoms with Crippen LogP contribution in [0.25, 0.3) is 0 Å². The van der Waals surface area contributed by atoms with Crippen LogP contribution >= 0.6 is 19.4 Å². The summed E-state index contributed by atoms with van der Waals surface area (Å²) in [5.74, 6) is -1.01. The van der Waals surface area contributed by atoms with E-state index in [-0.39, 0.29) is 10.8 Å². The Labute approximate surface area is 86.6 Å². The zero-order valence-electron chi connectivity index (χ0n) is 7.94. The van der Waals surface area contributed by atoms with E-state index in [1.54, 1.807) is 0 Å². The van der Waals surface area contributed by atoms with Crippen LogP contribution in [0.5, 0.6) is 0 Å². The largest absolute Gasteiger partial charge is 0.529 e. The predicted molar refractivity (Wildman–Crippen MR) is 50.5 cm³/mol. The summed E-state index contributed by atoms with van der Waals surface area (Å²) < 4.78 is 25.0. The highest BCUT2D eigenvalue weighted by atomic mass is 35.5. The zero-order chi connectivity index (χ0) is 11.4. The molecule has 6 nitrogen and oxygen atoms in total. The lowest BCUT2D eigenvalue weighted by molar-refractivity contribution is -0.114. The van der Waals surface area contributed by atoms with Crippen molar-refractivity contribution in [1.29, 1.82) is 0 Å². The van der Waals surface area contributed by atoms with E-state index in [1.165, 1.54) is 6.92 Å². The van der Waals surface area contributed by atoms with E-state index in [2.05, 4.69) is 9.05 Å². The molecule has 82 valence electrons. The van der Waals surface area contributed by atoms with Crippen LogP contribution in [0.3, 0.4) is 0 Å². The lowest BCUT2D eigenvalue weighted by Gasteiger charge is -2.14. The van der Waals surface area contributed by atoms with Crippen molar-refractivity contribution in [3.05, 3.63) is 10.8 Å². The number of phosphoric ester groups is 1. The van der Waals surface area contributed by atoms with Crippen molar-refractivity contribution in [1.82, 2.24) is 0 Å². The van der Waals surface area contributed by atoms with Crippen molar-refractivity contribution in [3.8, 4) is 0 Å². The maximum atomic E-state index is 11.4. The molecule has 0 spiro atoms. The Bertz CT molecular complexity index is 295. The molecule has 0 radical (unpaired) electrons. The van der Waals surface area contributed by atoms with Gasteiger partial charge in [-0.05, 0) is 6.92 Å². The first kappa shape index (κ1) is 13.4. The van der Waals surface area contributed by atoms with Crippen LogP contribution in [0.2, 0.25) is 0 Å². The molecule has 0 aromatic carbocycles. The summed E-state index contributed by atoms with van der Waals surface area (Å²) in [5, 5.41) is -0.362. The fourth-order valence-electron chi connectivity index (χ4n) is 0.530. The fraction of sp³-hybridized carbons (Fsp3) is 0.500. The molecular formula is C6H11ClNO5P. The molecule has 0 aliphatic carbocycles. The second kappa shape index (κ2) is 5.36. The summed E-state index contributed by atoms with van der Waals surface area (Å²) in [4.78, 5) is 10.6. The standard InChI is InChI=1S/C6H11ClNO5P/c1-4(5(7)6(8)9)13-14(10,11-2)12-3/h1-3H3,(H2,8,9). The van der Waals surface area contributed by atoms with Gasteiger partial charge in [-0.2, -0.15) is 0 Å². The third kappa shape index (κ3) is 3.67. The summed E-state index contributed by atoms with van der Waals surface area (Å²) >= 11 is 5.43. The monoisotopic (exact) mass is 243 g/mol. The quantitative estimate of drug-likeness (QED) is 0.447. The molecule has 0 atom stereocenters. The first-order valence-electron chi connectivity index (χ1n) is 3.43. The molecule has 14 heavy (non-hydrogen) atoms. The number of hydrogen-bond donors (Lipinski definition) is 1. The predicted octanol–water partition coefficient (Wildman–Crippen LogP) is 1.36. The van der Waals surface area contributed by atoms with Gasteiger partial charge in [0.2, 0.25) is 0 Å². The number of carbonyl (C=O) groups excluding carboxylic acids is 1. The van der Waals surface area contributed by atoms with Crippen molar-refractivity contribution in [3.63, 3.8) is 0 Å². The summed E-state index contributed by atoms with van der Waals surface area (Å²) in [6.45, 7) is 1.32. The molecule has 2 N–H and O–H groups in total. The average molecular weight is 244 g/mol. The van der Waals surface area contributed by atoms with Crippen molar-refractivity contribution < 1.29 is 22.9 Å². The minimum atomic E-state index is -3.68. The fourth-order valence-corrected chi connectivity index (χ4v) is 1.35. The molecule has 0 saturated heterocycles. The Kier molecular flexibility index (Phi) is 5.15. The third-order valence-corrected chi connectivity index (χ3v) is 3.07. The van der Waals surface area contributed by atoms with Crippen LogP contribution < -0.4 is 5.73 Å². The Morgan fingerprint density at radius 1 is 1.36 bits per heavy atom.